The van der Waals surface area contributed by atoms with Crippen LogP contribution in [0.4, 0.5) is 5.95 Å². The van der Waals surface area contributed by atoms with E-state index >= 15 is 0 Å². The van der Waals surface area contributed by atoms with Gasteiger partial charge >= 0.3 is 0 Å². The van der Waals surface area contributed by atoms with Crippen molar-refractivity contribution in [2.24, 2.45) is 0 Å². The SMILES string of the molecule is C#CCC(CC)Nc1nc2cc(C)ccn2n1. The van der Waals surface area contributed by atoms with Crippen LogP contribution < -0.4 is 5.32 Å². The number of anilines is 1. The van der Waals surface area contributed by atoms with Gasteiger partial charge in [0, 0.05) is 18.7 Å². The summed E-state index contributed by atoms with van der Waals surface area (Å²) in [5.41, 5.74) is 2.02. The van der Waals surface area contributed by atoms with Crippen LogP contribution in [0.15, 0.2) is 18.3 Å². The van der Waals surface area contributed by atoms with Gasteiger partial charge in [-0.25, -0.2) is 4.52 Å². The van der Waals surface area contributed by atoms with Crippen LogP contribution in [0.5, 0.6) is 0 Å². The minimum absolute atomic E-state index is 0.235. The van der Waals surface area contributed by atoms with Crippen LogP contribution in [0, 0.1) is 19.3 Å². The van der Waals surface area contributed by atoms with Crippen LogP contribution in [0.3, 0.4) is 0 Å². The van der Waals surface area contributed by atoms with Crippen molar-refractivity contribution in [1.82, 2.24) is 14.6 Å². The number of fused-ring (bicyclic) bond motifs is 1. The largest absolute Gasteiger partial charge is 0.349 e. The van der Waals surface area contributed by atoms with Crippen molar-refractivity contribution < 1.29 is 0 Å². The molecular weight excluding hydrogens is 212 g/mol. The maximum absolute atomic E-state index is 5.32. The summed E-state index contributed by atoms with van der Waals surface area (Å²) in [6.07, 6.45) is 8.87. The number of aromatic nitrogens is 3. The lowest BCUT2D eigenvalue weighted by atomic mass is 10.2. The molecule has 0 amide bonds. The summed E-state index contributed by atoms with van der Waals surface area (Å²) in [5, 5.41) is 7.60. The number of nitrogens with zero attached hydrogens (tertiary/aromatic N) is 3. The summed E-state index contributed by atoms with van der Waals surface area (Å²) >= 11 is 0. The first-order valence-corrected chi connectivity index (χ1v) is 5.76. The normalized spacial score (nSPS) is 12.3. The lowest BCUT2D eigenvalue weighted by Gasteiger charge is -2.11. The maximum Gasteiger partial charge on any atom is 0.243 e. The summed E-state index contributed by atoms with van der Waals surface area (Å²) in [6.45, 7) is 4.13. The summed E-state index contributed by atoms with van der Waals surface area (Å²) in [6, 6.07) is 4.24. The number of terminal acetylenes is 1. The van der Waals surface area contributed by atoms with Crippen LogP contribution >= 0.6 is 0 Å². The highest BCUT2D eigenvalue weighted by molar-refractivity contribution is 5.45. The Bertz CT molecular complexity index is 550. The second kappa shape index (κ2) is 4.88. The molecule has 2 aromatic heterocycles. The van der Waals surface area contributed by atoms with Crippen molar-refractivity contribution >= 4 is 11.6 Å². The van der Waals surface area contributed by atoms with Crippen LogP contribution in [0.2, 0.25) is 0 Å². The Morgan fingerprint density at radius 1 is 1.59 bits per heavy atom. The predicted octanol–water partition coefficient (Wildman–Crippen LogP) is 2.25. The fourth-order valence-corrected chi connectivity index (χ4v) is 1.67. The van der Waals surface area contributed by atoms with Crippen molar-refractivity contribution in [3.63, 3.8) is 0 Å². The van der Waals surface area contributed by atoms with Gasteiger partial charge in [0.25, 0.3) is 0 Å². The third-order valence-corrected chi connectivity index (χ3v) is 2.68. The van der Waals surface area contributed by atoms with Crippen molar-refractivity contribution in [3.8, 4) is 12.3 Å². The van der Waals surface area contributed by atoms with Crippen LogP contribution in [-0.2, 0) is 0 Å². The predicted molar refractivity (Wildman–Crippen MR) is 68.9 cm³/mol. The average Bonchev–Trinajstić information content (AvgIpc) is 2.69. The zero-order chi connectivity index (χ0) is 12.3. The van der Waals surface area contributed by atoms with Crippen LogP contribution in [-0.4, -0.2) is 20.6 Å². The molecule has 17 heavy (non-hydrogen) atoms. The van der Waals surface area contributed by atoms with Crippen molar-refractivity contribution in [3.05, 3.63) is 23.9 Å². The summed E-state index contributed by atoms with van der Waals surface area (Å²) in [7, 11) is 0. The molecule has 2 rings (SSSR count). The van der Waals surface area contributed by atoms with Gasteiger partial charge in [0.15, 0.2) is 5.65 Å². The lowest BCUT2D eigenvalue weighted by molar-refractivity contribution is 0.706. The van der Waals surface area contributed by atoms with Gasteiger partial charge in [-0.05, 0) is 31.0 Å². The van der Waals surface area contributed by atoms with Crippen molar-refractivity contribution in [2.45, 2.75) is 32.7 Å². The lowest BCUT2D eigenvalue weighted by Crippen LogP contribution is -2.18. The Hall–Kier alpha value is -2.02. The van der Waals surface area contributed by atoms with E-state index in [1.807, 2.05) is 25.3 Å². The zero-order valence-electron chi connectivity index (χ0n) is 10.1. The van der Waals surface area contributed by atoms with Gasteiger partial charge < -0.3 is 5.32 Å². The standard InChI is InChI=1S/C13H16N4/c1-4-6-11(5-2)14-13-15-12-9-10(3)7-8-17(12)16-13/h1,7-9,11H,5-6H2,2-3H3,(H,14,16). The van der Waals surface area contributed by atoms with Gasteiger partial charge in [-0.1, -0.05) is 6.92 Å². The summed E-state index contributed by atoms with van der Waals surface area (Å²) < 4.78 is 1.76. The van der Waals surface area contributed by atoms with E-state index in [1.165, 1.54) is 5.56 Å². The Morgan fingerprint density at radius 2 is 2.41 bits per heavy atom. The van der Waals surface area contributed by atoms with E-state index in [4.69, 9.17) is 6.42 Å². The second-order valence-electron chi connectivity index (χ2n) is 4.10. The maximum atomic E-state index is 5.32. The van der Waals surface area contributed by atoms with Crippen molar-refractivity contribution in [1.29, 1.82) is 0 Å². The Morgan fingerprint density at radius 3 is 3.12 bits per heavy atom. The van der Waals surface area contributed by atoms with E-state index in [0.29, 0.717) is 12.4 Å². The molecule has 0 aliphatic rings. The van der Waals surface area contributed by atoms with Gasteiger partial charge in [-0.3, -0.25) is 0 Å². The number of hydrogen-bond donors (Lipinski definition) is 1. The highest BCUT2D eigenvalue weighted by atomic mass is 15.3. The highest BCUT2D eigenvalue weighted by Gasteiger charge is 2.08. The fourth-order valence-electron chi connectivity index (χ4n) is 1.67. The molecule has 0 aliphatic carbocycles. The van der Waals surface area contributed by atoms with Gasteiger partial charge in [0.05, 0.1) is 0 Å². The molecule has 0 spiro atoms. The number of rotatable bonds is 4. The molecule has 0 bridgehead atoms. The molecule has 0 aliphatic heterocycles. The van der Waals surface area contributed by atoms with Crippen LogP contribution in [0.25, 0.3) is 5.65 Å². The monoisotopic (exact) mass is 228 g/mol. The molecule has 0 radical (unpaired) electrons. The Kier molecular flexibility index (Phi) is 3.29. The number of hydrogen-bond acceptors (Lipinski definition) is 3. The topological polar surface area (TPSA) is 42.2 Å². The first kappa shape index (κ1) is 11.5. The molecule has 1 N–H and O–H groups in total. The van der Waals surface area contributed by atoms with E-state index < -0.39 is 0 Å². The number of pyridine rings is 1. The molecule has 0 fully saturated rings. The van der Waals surface area contributed by atoms with Gasteiger partial charge in [-0.15, -0.1) is 17.4 Å². The van der Waals surface area contributed by atoms with Gasteiger partial charge in [0.1, 0.15) is 0 Å². The minimum atomic E-state index is 0.235. The molecule has 88 valence electrons. The summed E-state index contributed by atoms with van der Waals surface area (Å²) in [4.78, 5) is 4.42. The molecule has 2 aromatic rings. The minimum Gasteiger partial charge on any atom is -0.349 e. The third kappa shape index (κ3) is 2.56. The molecule has 4 heteroatoms. The van der Waals surface area contributed by atoms with Crippen LogP contribution in [0.1, 0.15) is 25.3 Å². The smallest absolute Gasteiger partial charge is 0.243 e. The summed E-state index contributed by atoms with van der Waals surface area (Å²) in [5.74, 6) is 3.29. The molecule has 4 nitrogen and oxygen atoms in total. The Balaban J connectivity index is 2.22. The average molecular weight is 228 g/mol. The molecule has 0 saturated heterocycles. The first-order valence-electron chi connectivity index (χ1n) is 5.76. The first-order chi connectivity index (χ1) is 8.22. The third-order valence-electron chi connectivity index (χ3n) is 2.68. The molecule has 2 heterocycles. The molecule has 0 aromatic carbocycles. The van der Waals surface area contributed by atoms with Gasteiger partial charge in [0.2, 0.25) is 5.95 Å². The van der Waals surface area contributed by atoms with Crippen molar-refractivity contribution in [2.75, 3.05) is 5.32 Å². The van der Waals surface area contributed by atoms with E-state index in [0.717, 1.165) is 12.1 Å². The highest BCUT2D eigenvalue weighted by Crippen LogP contribution is 2.10. The van der Waals surface area contributed by atoms with E-state index in [2.05, 4.69) is 28.2 Å². The molecule has 1 unspecified atom stereocenters. The molecular formula is C13H16N4. The fraction of sp³-hybridized carbons (Fsp3) is 0.385. The molecule has 1 atom stereocenters. The van der Waals surface area contributed by atoms with E-state index in [9.17, 15) is 0 Å². The van der Waals surface area contributed by atoms with Gasteiger partial charge in [-0.2, -0.15) is 4.98 Å². The number of nitrogens with one attached hydrogen (secondary N) is 1. The Labute approximate surface area is 101 Å². The molecule has 0 saturated carbocycles. The number of aryl methyl sites for hydroxylation is 1. The van der Waals surface area contributed by atoms with E-state index in [-0.39, 0.29) is 6.04 Å². The quantitative estimate of drug-likeness (QED) is 0.816. The zero-order valence-corrected chi connectivity index (χ0v) is 10.1. The van der Waals surface area contributed by atoms with E-state index in [1.54, 1.807) is 4.52 Å². The second-order valence-corrected chi connectivity index (χ2v) is 4.10.